The first-order valence-corrected chi connectivity index (χ1v) is 5.68. The van der Waals surface area contributed by atoms with Crippen molar-refractivity contribution in [2.24, 2.45) is 7.05 Å². The zero-order valence-corrected chi connectivity index (χ0v) is 10.1. The highest BCUT2D eigenvalue weighted by Crippen LogP contribution is 2.31. The highest BCUT2D eigenvalue weighted by molar-refractivity contribution is 6.00. The van der Waals surface area contributed by atoms with Crippen LogP contribution < -0.4 is 11.1 Å². The average molecular weight is 245 g/mol. The van der Waals surface area contributed by atoms with E-state index in [1.807, 2.05) is 0 Å². The van der Waals surface area contributed by atoms with E-state index in [2.05, 4.69) is 16.5 Å². The predicted molar refractivity (Wildman–Crippen MR) is 70.0 cm³/mol. The molecule has 0 aliphatic carbocycles. The van der Waals surface area contributed by atoms with Crippen LogP contribution in [0.15, 0.2) is 12.3 Å². The fraction of sp³-hybridized carbons (Fsp3) is 0.333. The quantitative estimate of drug-likeness (QED) is 0.547. The molecular weight excluding hydrogens is 230 g/mol. The first kappa shape index (κ1) is 12.2. The molecule has 6 heteroatoms. The molecule has 0 amide bonds. The van der Waals surface area contributed by atoms with Crippen molar-refractivity contribution in [3.8, 4) is 6.07 Å². The Balaban J connectivity index is 2.55. The summed E-state index contributed by atoms with van der Waals surface area (Å²) in [5.41, 5.74) is 8.56. The summed E-state index contributed by atoms with van der Waals surface area (Å²) in [5.74, 6) is 0. The number of nitrogens with one attached hydrogen (secondary N) is 1. The molecule has 0 bridgehead atoms. The van der Waals surface area contributed by atoms with Crippen molar-refractivity contribution in [2.45, 2.75) is 6.42 Å². The summed E-state index contributed by atoms with van der Waals surface area (Å²) in [7, 11) is 1.81. The molecule has 0 fully saturated rings. The molecule has 0 saturated carbocycles. The topological polar surface area (TPSA) is 99.9 Å². The molecule has 4 N–H and O–H groups in total. The van der Waals surface area contributed by atoms with E-state index in [4.69, 9.17) is 16.1 Å². The third kappa shape index (κ3) is 1.96. The zero-order valence-electron chi connectivity index (χ0n) is 10.1. The molecule has 18 heavy (non-hydrogen) atoms. The van der Waals surface area contributed by atoms with Crippen LogP contribution in [-0.4, -0.2) is 28.0 Å². The summed E-state index contributed by atoms with van der Waals surface area (Å²) >= 11 is 0. The van der Waals surface area contributed by atoms with Crippen LogP contribution in [0.1, 0.15) is 12.0 Å². The summed E-state index contributed by atoms with van der Waals surface area (Å²) < 4.78 is 1.69. The molecule has 0 aliphatic rings. The number of fused-ring (bicyclic) bond motifs is 1. The SMILES string of the molecule is Cn1ncc2c(C#N)cc(N)c(NCCCO)c21. The van der Waals surface area contributed by atoms with Gasteiger partial charge in [-0.25, -0.2) is 0 Å². The van der Waals surface area contributed by atoms with E-state index in [1.165, 1.54) is 0 Å². The van der Waals surface area contributed by atoms with Gasteiger partial charge in [-0.15, -0.1) is 0 Å². The summed E-state index contributed by atoms with van der Waals surface area (Å²) in [4.78, 5) is 0. The zero-order chi connectivity index (χ0) is 13.1. The minimum atomic E-state index is 0.123. The number of anilines is 2. The van der Waals surface area contributed by atoms with Crippen LogP contribution in [0, 0.1) is 11.3 Å². The monoisotopic (exact) mass is 245 g/mol. The second-order valence-electron chi connectivity index (χ2n) is 4.03. The lowest BCUT2D eigenvalue weighted by Gasteiger charge is -2.12. The molecule has 0 aliphatic heterocycles. The van der Waals surface area contributed by atoms with Gasteiger partial charge >= 0.3 is 0 Å². The lowest BCUT2D eigenvalue weighted by Crippen LogP contribution is -2.08. The van der Waals surface area contributed by atoms with Gasteiger partial charge in [0.2, 0.25) is 0 Å². The van der Waals surface area contributed by atoms with Gasteiger partial charge in [0.25, 0.3) is 0 Å². The van der Waals surface area contributed by atoms with Gasteiger partial charge in [-0.2, -0.15) is 10.4 Å². The number of hydrogen-bond acceptors (Lipinski definition) is 5. The fourth-order valence-corrected chi connectivity index (χ4v) is 1.94. The third-order valence-corrected chi connectivity index (χ3v) is 2.81. The Kier molecular flexibility index (Phi) is 3.35. The van der Waals surface area contributed by atoms with Crippen molar-refractivity contribution < 1.29 is 5.11 Å². The lowest BCUT2D eigenvalue weighted by atomic mass is 10.1. The molecule has 0 spiro atoms. The fourth-order valence-electron chi connectivity index (χ4n) is 1.94. The normalized spacial score (nSPS) is 10.5. The molecule has 0 saturated heterocycles. The van der Waals surface area contributed by atoms with Crippen molar-refractivity contribution in [3.05, 3.63) is 17.8 Å². The van der Waals surface area contributed by atoms with Crippen molar-refractivity contribution >= 4 is 22.3 Å². The minimum absolute atomic E-state index is 0.123. The third-order valence-electron chi connectivity index (χ3n) is 2.81. The van der Waals surface area contributed by atoms with Crippen molar-refractivity contribution in [1.29, 1.82) is 5.26 Å². The highest BCUT2D eigenvalue weighted by atomic mass is 16.3. The van der Waals surface area contributed by atoms with E-state index >= 15 is 0 Å². The van der Waals surface area contributed by atoms with Gasteiger partial charge < -0.3 is 16.2 Å². The minimum Gasteiger partial charge on any atom is -0.397 e. The molecule has 0 unspecified atom stereocenters. The van der Waals surface area contributed by atoms with Gasteiger partial charge in [0.15, 0.2) is 0 Å². The van der Waals surface area contributed by atoms with Gasteiger partial charge in [0.05, 0.1) is 34.7 Å². The maximum Gasteiger partial charge on any atom is 0.1000 e. The number of benzene rings is 1. The Hall–Kier alpha value is -2.26. The highest BCUT2D eigenvalue weighted by Gasteiger charge is 2.13. The van der Waals surface area contributed by atoms with E-state index < -0.39 is 0 Å². The number of nitrogens with two attached hydrogens (primary N) is 1. The number of hydrogen-bond donors (Lipinski definition) is 3. The van der Waals surface area contributed by atoms with E-state index in [1.54, 1.807) is 24.0 Å². The van der Waals surface area contributed by atoms with E-state index in [0.717, 1.165) is 16.6 Å². The number of rotatable bonds is 4. The number of aromatic nitrogens is 2. The Morgan fingerprint density at radius 1 is 1.61 bits per heavy atom. The van der Waals surface area contributed by atoms with Crippen LogP contribution in [0.25, 0.3) is 10.9 Å². The number of nitrogen functional groups attached to an aromatic ring is 1. The summed E-state index contributed by atoms with van der Waals surface area (Å²) in [6, 6.07) is 3.76. The second-order valence-corrected chi connectivity index (χ2v) is 4.03. The number of aryl methyl sites for hydroxylation is 1. The molecule has 0 radical (unpaired) electrons. The first-order chi connectivity index (χ1) is 8.69. The Bertz CT molecular complexity index is 611. The molecule has 1 aromatic heterocycles. The molecule has 6 nitrogen and oxygen atoms in total. The van der Waals surface area contributed by atoms with Crippen molar-refractivity contribution in [1.82, 2.24) is 9.78 Å². The summed E-state index contributed by atoms with van der Waals surface area (Å²) in [5, 5.41) is 26.0. The molecule has 1 aromatic carbocycles. The molecule has 2 rings (SSSR count). The van der Waals surface area contributed by atoms with Crippen LogP contribution in [0.2, 0.25) is 0 Å². The summed E-state index contributed by atoms with van der Waals surface area (Å²) in [6.07, 6.45) is 2.29. The van der Waals surface area contributed by atoms with Gasteiger partial charge in [0, 0.05) is 25.6 Å². The van der Waals surface area contributed by atoms with Crippen molar-refractivity contribution in [3.63, 3.8) is 0 Å². The standard InChI is InChI=1S/C12H15N5O/c1-17-12-9(7-16-17)8(6-13)5-10(14)11(12)15-3-2-4-18/h5,7,15,18H,2-4,14H2,1H3. The molecular formula is C12H15N5O. The van der Waals surface area contributed by atoms with E-state index in [0.29, 0.717) is 24.2 Å². The predicted octanol–water partition coefficient (Wildman–Crippen LogP) is 0.821. The van der Waals surface area contributed by atoms with Gasteiger partial charge in [-0.3, -0.25) is 4.68 Å². The maximum absolute atomic E-state index is 9.08. The Morgan fingerprint density at radius 3 is 3.06 bits per heavy atom. The van der Waals surface area contributed by atoms with Crippen LogP contribution in [0.5, 0.6) is 0 Å². The van der Waals surface area contributed by atoms with Gasteiger partial charge in [-0.05, 0) is 12.5 Å². The lowest BCUT2D eigenvalue weighted by molar-refractivity contribution is 0.292. The van der Waals surface area contributed by atoms with Gasteiger partial charge in [-0.1, -0.05) is 0 Å². The first-order valence-electron chi connectivity index (χ1n) is 5.68. The van der Waals surface area contributed by atoms with E-state index in [9.17, 15) is 0 Å². The Morgan fingerprint density at radius 2 is 2.39 bits per heavy atom. The Labute approximate surface area is 105 Å². The summed E-state index contributed by atoms with van der Waals surface area (Å²) in [6.45, 7) is 0.741. The number of nitrogens with zero attached hydrogens (tertiary/aromatic N) is 3. The number of aliphatic hydroxyl groups is 1. The largest absolute Gasteiger partial charge is 0.397 e. The van der Waals surface area contributed by atoms with Crippen LogP contribution in [-0.2, 0) is 7.05 Å². The van der Waals surface area contributed by atoms with Crippen LogP contribution in [0.4, 0.5) is 11.4 Å². The van der Waals surface area contributed by atoms with Crippen LogP contribution in [0.3, 0.4) is 0 Å². The molecule has 1 heterocycles. The van der Waals surface area contributed by atoms with Crippen LogP contribution >= 0.6 is 0 Å². The van der Waals surface area contributed by atoms with Crippen molar-refractivity contribution in [2.75, 3.05) is 24.2 Å². The average Bonchev–Trinajstić information content (AvgIpc) is 2.74. The van der Waals surface area contributed by atoms with Gasteiger partial charge in [0.1, 0.15) is 0 Å². The number of aliphatic hydroxyl groups excluding tert-OH is 1. The second kappa shape index (κ2) is 4.94. The smallest absolute Gasteiger partial charge is 0.1000 e. The molecule has 94 valence electrons. The molecule has 0 atom stereocenters. The maximum atomic E-state index is 9.08. The number of nitriles is 1. The van der Waals surface area contributed by atoms with E-state index in [-0.39, 0.29) is 6.61 Å². The molecule has 2 aromatic rings.